The van der Waals surface area contributed by atoms with Gasteiger partial charge in [-0.1, -0.05) is 37.3 Å². The second-order valence-corrected chi connectivity index (χ2v) is 8.75. The highest BCUT2D eigenvalue weighted by Crippen LogP contribution is 2.31. The smallest absolute Gasteiger partial charge is 0.344 e. The average Bonchev–Trinajstić information content (AvgIpc) is 2.70. The molecule has 4 rings (SSSR count). The highest BCUT2D eigenvalue weighted by Gasteiger charge is 2.24. The number of hydrogen-bond donors (Lipinski definition) is 0. The van der Waals surface area contributed by atoms with Gasteiger partial charge in [-0.2, -0.15) is 0 Å². The molecule has 0 spiro atoms. The second kappa shape index (κ2) is 8.57. The van der Waals surface area contributed by atoms with Crippen molar-refractivity contribution >= 4 is 22.3 Å². The molecule has 2 aliphatic rings. The van der Waals surface area contributed by atoms with Gasteiger partial charge in [0.25, 0.3) is 0 Å². The second-order valence-electron chi connectivity index (χ2n) is 8.75. The van der Waals surface area contributed by atoms with Gasteiger partial charge < -0.3 is 9.32 Å². The van der Waals surface area contributed by atoms with E-state index >= 15 is 0 Å². The van der Waals surface area contributed by atoms with Crippen molar-refractivity contribution in [1.29, 1.82) is 0 Å². The third-order valence-corrected chi connectivity index (χ3v) is 6.10. The third-order valence-electron chi connectivity index (χ3n) is 6.10. The first-order valence-electron chi connectivity index (χ1n) is 10.8. The van der Waals surface area contributed by atoms with Crippen LogP contribution in [-0.4, -0.2) is 31.3 Å². The number of aryl methyl sites for hydroxylation is 1. The van der Waals surface area contributed by atoms with Crippen molar-refractivity contribution in [2.45, 2.75) is 33.1 Å². The molecule has 2 bridgehead atoms. The summed E-state index contributed by atoms with van der Waals surface area (Å²) in [7, 11) is 4.16. The minimum Gasteiger partial charge on any atom is -0.422 e. The van der Waals surface area contributed by atoms with Crippen molar-refractivity contribution in [1.82, 2.24) is 4.90 Å². The summed E-state index contributed by atoms with van der Waals surface area (Å²) in [5, 5.41) is 0.957. The standard InChI is InChI=1S/C26H30N2O2/c1-17-14-21-10-9-20(11-12-24(27-17)18(21)2)23-16-22-8-7-19(6-5-13-28(3)4)15-25(22)30-26(23)29/h7-9,11-12,14-16,18,21H,5-6,10,13H2,1-4H3. The monoisotopic (exact) mass is 402 g/mol. The molecule has 2 heterocycles. The molecule has 1 aliphatic heterocycles. The van der Waals surface area contributed by atoms with E-state index in [4.69, 9.17) is 4.42 Å². The van der Waals surface area contributed by atoms with Gasteiger partial charge in [-0.3, -0.25) is 4.99 Å². The van der Waals surface area contributed by atoms with Crippen LogP contribution in [0, 0.1) is 11.8 Å². The van der Waals surface area contributed by atoms with Crippen molar-refractivity contribution in [3.05, 3.63) is 75.8 Å². The molecule has 2 unspecified atom stereocenters. The normalized spacial score (nSPS) is 21.2. The van der Waals surface area contributed by atoms with Gasteiger partial charge in [0.05, 0.1) is 5.56 Å². The molecule has 0 amide bonds. The fraction of sp³-hybridized carbons (Fsp3) is 0.385. The summed E-state index contributed by atoms with van der Waals surface area (Å²) in [5.74, 6) is 0.802. The number of nitrogens with zero attached hydrogens (tertiary/aromatic N) is 2. The van der Waals surface area contributed by atoms with Crippen molar-refractivity contribution in [3.8, 4) is 0 Å². The Kier molecular flexibility index (Phi) is 5.87. The zero-order valence-corrected chi connectivity index (χ0v) is 18.3. The third kappa shape index (κ3) is 4.39. The van der Waals surface area contributed by atoms with Crippen LogP contribution in [0.2, 0.25) is 0 Å². The molecular formula is C26H30N2O2. The van der Waals surface area contributed by atoms with E-state index in [1.807, 2.05) is 25.1 Å². The summed E-state index contributed by atoms with van der Waals surface area (Å²) in [5.41, 5.74) is 5.27. The fourth-order valence-corrected chi connectivity index (χ4v) is 4.30. The van der Waals surface area contributed by atoms with Crippen LogP contribution in [0.25, 0.3) is 16.5 Å². The zero-order chi connectivity index (χ0) is 21.3. The summed E-state index contributed by atoms with van der Waals surface area (Å²) in [4.78, 5) is 19.7. The largest absolute Gasteiger partial charge is 0.422 e. The van der Waals surface area contributed by atoms with Gasteiger partial charge in [-0.05, 0) is 82.1 Å². The minimum absolute atomic E-state index is 0.281. The van der Waals surface area contributed by atoms with E-state index in [9.17, 15) is 4.79 Å². The number of hydrogen-bond acceptors (Lipinski definition) is 4. The van der Waals surface area contributed by atoms with Gasteiger partial charge in [-0.15, -0.1) is 0 Å². The first-order valence-corrected chi connectivity index (χ1v) is 10.8. The maximum atomic E-state index is 12.8. The Morgan fingerprint density at radius 2 is 2.03 bits per heavy atom. The molecule has 2 atom stereocenters. The Morgan fingerprint density at radius 1 is 1.20 bits per heavy atom. The van der Waals surface area contributed by atoms with Gasteiger partial charge in [0, 0.05) is 22.7 Å². The average molecular weight is 403 g/mol. The quantitative estimate of drug-likeness (QED) is 0.643. The van der Waals surface area contributed by atoms with Crippen LogP contribution < -0.4 is 5.63 Å². The number of allylic oxidation sites excluding steroid dienone is 6. The van der Waals surface area contributed by atoms with Gasteiger partial charge in [0.2, 0.25) is 0 Å². The van der Waals surface area contributed by atoms with Gasteiger partial charge in [0.15, 0.2) is 0 Å². The molecule has 0 N–H and O–H groups in total. The van der Waals surface area contributed by atoms with Crippen molar-refractivity contribution in [2.24, 2.45) is 16.8 Å². The minimum atomic E-state index is -0.281. The molecular weight excluding hydrogens is 372 g/mol. The van der Waals surface area contributed by atoms with E-state index in [1.54, 1.807) is 0 Å². The van der Waals surface area contributed by atoms with Crippen LogP contribution in [0.5, 0.6) is 0 Å². The summed E-state index contributed by atoms with van der Waals surface area (Å²) >= 11 is 0. The topological polar surface area (TPSA) is 45.8 Å². The zero-order valence-electron chi connectivity index (χ0n) is 18.3. The van der Waals surface area contributed by atoms with Crippen LogP contribution >= 0.6 is 0 Å². The Hall–Kier alpha value is -2.72. The Morgan fingerprint density at radius 3 is 2.83 bits per heavy atom. The fourth-order valence-electron chi connectivity index (χ4n) is 4.30. The highest BCUT2D eigenvalue weighted by molar-refractivity contribution is 6.00. The lowest BCUT2D eigenvalue weighted by molar-refractivity contribution is 0.400. The first kappa shape index (κ1) is 20.5. The molecule has 1 aromatic heterocycles. The number of rotatable bonds is 5. The number of benzene rings is 1. The highest BCUT2D eigenvalue weighted by atomic mass is 16.4. The van der Waals surface area contributed by atoms with Crippen LogP contribution in [-0.2, 0) is 6.42 Å². The van der Waals surface area contributed by atoms with Crippen LogP contribution in [0.1, 0.15) is 37.8 Å². The lowest BCUT2D eigenvalue weighted by Crippen LogP contribution is -2.22. The van der Waals surface area contributed by atoms with Crippen LogP contribution in [0.15, 0.2) is 68.5 Å². The maximum absolute atomic E-state index is 12.8. The molecule has 156 valence electrons. The van der Waals surface area contributed by atoms with Gasteiger partial charge >= 0.3 is 5.63 Å². The van der Waals surface area contributed by atoms with E-state index in [0.717, 1.165) is 48.2 Å². The van der Waals surface area contributed by atoms with Crippen molar-refractivity contribution < 1.29 is 4.42 Å². The van der Waals surface area contributed by atoms with E-state index in [-0.39, 0.29) is 5.63 Å². The molecule has 0 saturated carbocycles. The lowest BCUT2D eigenvalue weighted by Gasteiger charge is -2.26. The van der Waals surface area contributed by atoms with Crippen LogP contribution in [0.3, 0.4) is 0 Å². The predicted octanol–water partition coefficient (Wildman–Crippen LogP) is 5.24. The molecule has 2 aromatic rings. The molecule has 0 saturated heterocycles. The number of aliphatic imine (C=N–C) groups is 1. The van der Waals surface area contributed by atoms with Gasteiger partial charge in [0.1, 0.15) is 5.58 Å². The SMILES string of the molecule is CC1=CC2CC=C(c3cc4ccc(CCCN(C)C)cc4oc3=O)C=CC(=N1)C2C. The predicted molar refractivity (Wildman–Crippen MR) is 125 cm³/mol. The molecule has 0 fully saturated rings. The summed E-state index contributed by atoms with van der Waals surface area (Å²) in [6, 6.07) is 8.17. The Labute approximate surface area is 178 Å². The first-order chi connectivity index (χ1) is 14.4. The van der Waals surface area contributed by atoms with Crippen LogP contribution in [0.4, 0.5) is 0 Å². The summed E-state index contributed by atoms with van der Waals surface area (Å²) in [6.45, 7) is 5.31. The Bertz CT molecular complexity index is 1130. The molecule has 1 aliphatic carbocycles. The maximum Gasteiger partial charge on any atom is 0.344 e. The van der Waals surface area contributed by atoms with Crippen molar-refractivity contribution in [3.63, 3.8) is 0 Å². The molecule has 30 heavy (non-hydrogen) atoms. The molecule has 4 nitrogen and oxygen atoms in total. The van der Waals surface area contributed by atoms with Crippen molar-refractivity contribution in [2.75, 3.05) is 20.6 Å². The number of fused-ring (bicyclic) bond motifs is 3. The molecule has 4 heteroatoms. The van der Waals surface area contributed by atoms with E-state index in [2.05, 4.69) is 61.3 Å². The van der Waals surface area contributed by atoms with E-state index in [1.165, 1.54) is 5.56 Å². The summed E-state index contributed by atoms with van der Waals surface area (Å²) in [6.07, 6.45) is 11.4. The molecule has 0 radical (unpaired) electrons. The van der Waals surface area contributed by atoms with E-state index in [0.29, 0.717) is 23.0 Å². The lowest BCUT2D eigenvalue weighted by atomic mass is 9.82. The summed E-state index contributed by atoms with van der Waals surface area (Å²) < 4.78 is 5.74. The Balaban J connectivity index is 1.63. The molecule has 1 aromatic carbocycles. The van der Waals surface area contributed by atoms with Gasteiger partial charge in [-0.25, -0.2) is 4.79 Å². The van der Waals surface area contributed by atoms with E-state index < -0.39 is 0 Å².